The number of nitrogens with one attached hydrogen (secondary N) is 1. The molecular formula is C7H5F3N2O5. The van der Waals surface area contributed by atoms with E-state index in [1.807, 2.05) is 4.98 Å². The Hall–Kier alpha value is -2.10. The molecular weight excluding hydrogens is 249 g/mol. The van der Waals surface area contributed by atoms with Crippen molar-refractivity contribution < 1.29 is 27.9 Å². The van der Waals surface area contributed by atoms with Crippen molar-refractivity contribution in [3.63, 3.8) is 0 Å². The van der Waals surface area contributed by atoms with Gasteiger partial charge in [-0.3, -0.25) is 4.79 Å². The van der Waals surface area contributed by atoms with Crippen molar-refractivity contribution in [2.75, 3.05) is 0 Å². The number of aromatic amines is 1. The predicted octanol–water partition coefficient (Wildman–Crippen LogP) is 0.674. The molecule has 0 aliphatic rings. The highest BCUT2D eigenvalue weighted by Crippen LogP contribution is 2.26. The van der Waals surface area contributed by atoms with Crippen LogP contribution >= 0.6 is 0 Å². The zero-order chi connectivity index (χ0) is 13.2. The number of halogens is 3. The number of hydrogen-bond acceptors (Lipinski definition) is 5. The van der Waals surface area contributed by atoms with Gasteiger partial charge in [-0.05, 0) is 4.92 Å². The molecule has 0 saturated carbocycles. The van der Waals surface area contributed by atoms with Crippen LogP contribution in [-0.2, 0) is 6.61 Å². The molecule has 1 heterocycles. The second kappa shape index (κ2) is 4.41. The molecule has 0 saturated heterocycles. The van der Waals surface area contributed by atoms with Gasteiger partial charge < -0.3 is 20.0 Å². The lowest BCUT2D eigenvalue weighted by Gasteiger charge is -2.09. The summed E-state index contributed by atoms with van der Waals surface area (Å²) < 4.78 is 39.1. The number of aromatic nitrogens is 1. The molecule has 0 aliphatic carbocycles. The summed E-state index contributed by atoms with van der Waals surface area (Å²) in [6.45, 7) is -0.873. The van der Waals surface area contributed by atoms with Crippen LogP contribution in [0, 0.1) is 10.1 Å². The van der Waals surface area contributed by atoms with Gasteiger partial charge in [-0.15, -0.1) is 13.2 Å². The van der Waals surface area contributed by atoms with E-state index in [0.717, 1.165) is 6.20 Å². The van der Waals surface area contributed by atoms with Gasteiger partial charge in [-0.2, -0.15) is 0 Å². The zero-order valence-corrected chi connectivity index (χ0v) is 7.95. The van der Waals surface area contributed by atoms with Gasteiger partial charge in [0.05, 0.1) is 18.4 Å². The van der Waals surface area contributed by atoms with Crippen LogP contribution in [0.2, 0.25) is 0 Å². The molecule has 0 fully saturated rings. The van der Waals surface area contributed by atoms with E-state index in [1.165, 1.54) is 0 Å². The maximum atomic E-state index is 11.9. The summed E-state index contributed by atoms with van der Waals surface area (Å²) in [4.78, 5) is 22.3. The Morgan fingerprint density at radius 2 is 2.12 bits per heavy atom. The minimum atomic E-state index is -5.24. The van der Waals surface area contributed by atoms with E-state index >= 15 is 0 Å². The van der Waals surface area contributed by atoms with Crippen molar-refractivity contribution in [3.05, 3.63) is 32.1 Å². The highest BCUT2D eigenvalue weighted by Gasteiger charge is 2.36. The monoisotopic (exact) mass is 254 g/mol. The van der Waals surface area contributed by atoms with Crippen LogP contribution in [0.3, 0.4) is 0 Å². The number of alkyl halides is 3. The van der Waals surface area contributed by atoms with E-state index in [-0.39, 0.29) is 0 Å². The number of aliphatic hydroxyl groups excluding tert-OH is 1. The standard InChI is InChI=1S/C7H5F3N2O5/c8-7(9,10)17-5-4(14)3(2-13)1-11-6(5)12(15)16/h1,13H,2H2,(H,11,14). The average molecular weight is 254 g/mol. The second-order valence-corrected chi connectivity index (χ2v) is 2.78. The molecule has 0 spiro atoms. The molecule has 10 heteroatoms. The molecule has 1 aromatic heterocycles. The number of nitrogens with zero attached hydrogens (tertiary/aromatic N) is 1. The van der Waals surface area contributed by atoms with Crippen LogP contribution in [0.15, 0.2) is 11.0 Å². The predicted molar refractivity (Wildman–Crippen MR) is 46.3 cm³/mol. The molecule has 1 rings (SSSR count). The van der Waals surface area contributed by atoms with E-state index < -0.39 is 40.5 Å². The molecule has 1 aromatic rings. The summed E-state index contributed by atoms with van der Waals surface area (Å²) in [5.41, 5.74) is -1.87. The van der Waals surface area contributed by atoms with Gasteiger partial charge in [0.25, 0.3) is 5.75 Å². The van der Waals surface area contributed by atoms with E-state index in [4.69, 9.17) is 5.11 Å². The Kier molecular flexibility index (Phi) is 3.36. The summed E-state index contributed by atoms with van der Waals surface area (Å²) in [5, 5.41) is 19.0. The number of nitro groups is 1. The summed E-state index contributed by atoms with van der Waals surface area (Å²) in [6, 6.07) is 0. The fourth-order valence-electron chi connectivity index (χ4n) is 1.00. The van der Waals surface area contributed by atoms with Crippen molar-refractivity contribution in [3.8, 4) is 5.75 Å². The number of pyridine rings is 1. The lowest BCUT2D eigenvalue weighted by molar-refractivity contribution is -0.393. The Balaban J connectivity index is 3.41. The minimum Gasteiger partial charge on any atom is -0.392 e. The summed E-state index contributed by atoms with van der Waals surface area (Å²) in [6.07, 6.45) is -4.50. The van der Waals surface area contributed by atoms with Crippen LogP contribution in [0.25, 0.3) is 0 Å². The Morgan fingerprint density at radius 1 is 1.53 bits per heavy atom. The number of rotatable bonds is 3. The Bertz CT molecular complexity index is 495. The van der Waals surface area contributed by atoms with Crippen LogP contribution in [0.4, 0.5) is 19.0 Å². The number of ether oxygens (including phenoxy) is 1. The maximum Gasteiger partial charge on any atom is 0.573 e. The molecule has 0 atom stereocenters. The molecule has 0 radical (unpaired) electrons. The van der Waals surface area contributed by atoms with Crippen molar-refractivity contribution in [2.45, 2.75) is 13.0 Å². The van der Waals surface area contributed by atoms with Crippen molar-refractivity contribution in [1.82, 2.24) is 4.98 Å². The van der Waals surface area contributed by atoms with Gasteiger partial charge in [0.1, 0.15) is 0 Å². The van der Waals surface area contributed by atoms with E-state index in [2.05, 4.69) is 4.74 Å². The van der Waals surface area contributed by atoms with Crippen LogP contribution in [-0.4, -0.2) is 21.4 Å². The fourth-order valence-corrected chi connectivity index (χ4v) is 1.00. The van der Waals surface area contributed by atoms with E-state index in [0.29, 0.717) is 0 Å². The Morgan fingerprint density at radius 3 is 2.53 bits per heavy atom. The third-order valence-corrected chi connectivity index (χ3v) is 1.67. The number of hydrogen-bond donors (Lipinski definition) is 2. The summed E-state index contributed by atoms with van der Waals surface area (Å²) in [7, 11) is 0. The largest absolute Gasteiger partial charge is 0.573 e. The normalized spacial score (nSPS) is 11.3. The average Bonchev–Trinajstić information content (AvgIpc) is 2.18. The number of H-pyrrole nitrogens is 1. The van der Waals surface area contributed by atoms with Gasteiger partial charge in [0.2, 0.25) is 5.43 Å². The lowest BCUT2D eigenvalue weighted by Crippen LogP contribution is -2.24. The Labute approximate surface area is 90.6 Å². The molecule has 0 amide bonds. The molecule has 0 bridgehead atoms. The van der Waals surface area contributed by atoms with Crippen LogP contribution in [0.5, 0.6) is 5.75 Å². The van der Waals surface area contributed by atoms with E-state index in [1.54, 1.807) is 0 Å². The van der Waals surface area contributed by atoms with Crippen molar-refractivity contribution in [1.29, 1.82) is 0 Å². The van der Waals surface area contributed by atoms with Gasteiger partial charge in [-0.25, -0.2) is 4.98 Å². The topological polar surface area (TPSA) is 105 Å². The first-order valence-electron chi connectivity index (χ1n) is 4.02. The van der Waals surface area contributed by atoms with Crippen molar-refractivity contribution in [2.24, 2.45) is 0 Å². The first-order chi connectivity index (χ1) is 7.76. The first-order valence-corrected chi connectivity index (χ1v) is 4.02. The SMILES string of the molecule is O=c1c(CO)c[nH]c([N+](=O)[O-])c1OC(F)(F)F. The third kappa shape index (κ3) is 2.93. The zero-order valence-electron chi connectivity index (χ0n) is 7.95. The molecule has 94 valence electrons. The van der Waals surface area contributed by atoms with Gasteiger partial charge in [0.15, 0.2) is 0 Å². The fraction of sp³-hybridized carbons (Fsp3) is 0.286. The minimum absolute atomic E-state index is 0.477. The molecule has 2 N–H and O–H groups in total. The number of aliphatic hydroxyl groups is 1. The third-order valence-electron chi connectivity index (χ3n) is 1.67. The highest BCUT2D eigenvalue weighted by molar-refractivity contribution is 5.41. The first kappa shape index (κ1) is 13.0. The molecule has 0 unspecified atom stereocenters. The van der Waals surface area contributed by atoms with Gasteiger partial charge in [-0.1, -0.05) is 0 Å². The highest BCUT2D eigenvalue weighted by atomic mass is 19.4. The summed E-state index contributed by atoms with van der Waals surface area (Å²) in [5.74, 6) is -2.74. The maximum absolute atomic E-state index is 11.9. The smallest absolute Gasteiger partial charge is 0.392 e. The van der Waals surface area contributed by atoms with Gasteiger partial charge >= 0.3 is 12.2 Å². The van der Waals surface area contributed by atoms with Gasteiger partial charge in [0, 0.05) is 0 Å². The van der Waals surface area contributed by atoms with Crippen molar-refractivity contribution >= 4 is 5.82 Å². The van der Waals surface area contributed by atoms with Crippen LogP contribution < -0.4 is 10.2 Å². The second-order valence-electron chi connectivity index (χ2n) is 2.78. The quantitative estimate of drug-likeness (QED) is 0.609. The summed E-state index contributed by atoms with van der Waals surface area (Å²) >= 11 is 0. The molecule has 7 nitrogen and oxygen atoms in total. The van der Waals surface area contributed by atoms with E-state index in [9.17, 15) is 28.1 Å². The lowest BCUT2D eigenvalue weighted by atomic mass is 10.2. The molecule has 0 aliphatic heterocycles. The van der Waals surface area contributed by atoms with Crippen LogP contribution in [0.1, 0.15) is 5.56 Å². The molecule has 0 aromatic carbocycles. The molecule has 17 heavy (non-hydrogen) atoms.